The van der Waals surface area contributed by atoms with Crippen LogP contribution in [0.3, 0.4) is 0 Å². The molecule has 184 valence electrons. The first-order chi connectivity index (χ1) is 16.6. The molecule has 1 N–H and O–H groups in total. The Kier molecular flexibility index (Phi) is 7.76. The molecule has 2 aromatic rings. The van der Waals surface area contributed by atoms with Crippen molar-refractivity contribution in [2.75, 3.05) is 16.8 Å². The number of esters is 1. The summed E-state index contributed by atoms with van der Waals surface area (Å²) in [4.78, 5) is 51.5. The van der Waals surface area contributed by atoms with Gasteiger partial charge in [-0.25, -0.2) is 4.79 Å². The third-order valence-corrected chi connectivity index (χ3v) is 8.69. The average molecular weight is 603 g/mol. The maximum Gasteiger partial charge on any atom is 0.338 e. The van der Waals surface area contributed by atoms with Gasteiger partial charge in [-0.15, -0.1) is 23.2 Å². The van der Waals surface area contributed by atoms with Crippen LogP contribution in [0.15, 0.2) is 40.9 Å². The van der Waals surface area contributed by atoms with Crippen LogP contribution >= 0.6 is 50.7 Å². The lowest BCUT2D eigenvalue weighted by Crippen LogP contribution is -2.34. The van der Waals surface area contributed by atoms with Crippen LogP contribution in [0.1, 0.15) is 28.8 Å². The number of halogens is 4. The van der Waals surface area contributed by atoms with Crippen LogP contribution in [0.4, 0.5) is 11.4 Å². The monoisotopic (exact) mass is 600 g/mol. The van der Waals surface area contributed by atoms with Crippen molar-refractivity contribution in [1.29, 1.82) is 0 Å². The van der Waals surface area contributed by atoms with Gasteiger partial charge in [-0.1, -0.05) is 11.6 Å². The van der Waals surface area contributed by atoms with E-state index in [4.69, 9.17) is 39.5 Å². The Bertz CT molecular complexity index is 1180. The maximum absolute atomic E-state index is 12.9. The molecule has 35 heavy (non-hydrogen) atoms. The molecule has 4 rings (SSSR count). The average Bonchev–Trinajstić information content (AvgIpc) is 3.07. The van der Waals surface area contributed by atoms with E-state index < -0.39 is 30.3 Å². The molecule has 1 aliphatic heterocycles. The summed E-state index contributed by atoms with van der Waals surface area (Å²) < 4.78 is 5.80. The van der Waals surface area contributed by atoms with Crippen LogP contribution < -0.4 is 10.2 Å². The molecular weight excluding hydrogens is 583 g/mol. The van der Waals surface area contributed by atoms with Crippen LogP contribution in [0.25, 0.3) is 0 Å². The minimum Gasteiger partial charge on any atom is -0.452 e. The SMILES string of the molecule is Cc1c(NC(=O)COC(=O)c2ccc(N3C(=O)[C@H]4C[C@H](Cl)[C@@H](Cl)C[C@H]4C3=O)cc2)ccc(Br)c1Cl. The Morgan fingerprint density at radius 2 is 1.60 bits per heavy atom. The minimum atomic E-state index is -0.722. The molecule has 1 saturated carbocycles. The van der Waals surface area contributed by atoms with E-state index in [9.17, 15) is 19.2 Å². The van der Waals surface area contributed by atoms with Crippen LogP contribution in [0, 0.1) is 18.8 Å². The highest BCUT2D eigenvalue weighted by Gasteiger charge is 2.52. The summed E-state index contributed by atoms with van der Waals surface area (Å²) >= 11 is 21.9. The standard InChI is InChI=1S/C24H20BrCl3N2O5/c1-11-19(7-6-16(25)21(11)28)29-20(31)10-35-24(34)12-2-4-13(5-3-12)30-22(32)14-8-17(26)18(27)9-15(14)23(30)33/h2-7,14-15,17-18H,8-10H2,1H3,(H,29,31)/t14-,15+,17-,18-/m0/s1. The number of rotatable bonds is 5. The van der Waals surface area contributed by atoms with Gasteiger partial charge in [0.05, 0.1) is 38.9 Å². The molecule has 7 nitrogen and oxygen atoms in total. The number of imide groups is 1. The van der Waals surface area contributed by atoms with Crippen LogP contribution in [0.2, 0.25) is 5.02 Å². The van der Waals surface area contributed by atoms with Crippen LogP contribution in [0.5, 0.6) is 0 Å². The van der Waals surface area contributed by atoms with Gasteiger partial charge in [-0.2, -0.15) is 0 Å². The molecule has 0 spiro atoms. The fourth-order valence-corrected chi connectivity index (χ4v) is 5.47. The highest BCUT2D eigenvalue weighted by atomic mass is 79.9. The molecule has 0 bridgehead atoms. The molecule has 11 heteroatoms. The first kappa shape index (κ1) is 25.9. The van der Waals surface area contributed by atoms with E-state index in [0.29, 0.717) is 39.3 Å². The number of benzene rings is 2. The fourth-order valence-electron chi connectivity index (χ4n) is 4.28. The normalized spacial score (nSPS) is 23.7. The zero-order chi connectivity index (χ0) is 25.4. The highest BCUT2D eigenvalue weighted by molar-refractivity contribution is 9.10. The second-order valence-electron chi connectivity index (χ2n) is 8.43. The molecule has 4 atom stereocenters. The third-order valence-electron chi connectivity index (χ3n) is 6.22. The Hall–Kier alpha value is -2.13. The van der Waals surface area contributed by atoms with Gasteiger partial charge >= 0.3 is 5.97 Å². The van der Waals surface area contributed by atoms with E-state index in [1.54, 1.807) is 19.1 Å². The summed E-state index contributed by atoms with van der Waals surface area (Å²) in [5.74, 6) is -2.86. The zero-order valence-corrected chi connectivity index (χ0v) is 22.2. The number of ether oxygens (including phenoxy) is 1. The van der Waals surface area contributed by atoms with Crippen molar-refractivity contribution >= 4 is 85.8 Å². The molecular formula is C24H20BrCl3N2O5. The molecule has 1 saturated heterocycles. The zero-order valence-electron chi connectivity index (χ0n) is 18.4. The van der Waals surface area contributed by atoms with Gasteiger partial charge < -0.3 is 10.1 Å². The lowest BCUT2D eigenvalue weighted by Gasteiger charge is -2.28. The molecule has 1 heterocycles. The Balaban J connectivity index is 1.37. The molecule has 2 fully saturated rings. The van der Waals surface area contributed by atoms with Gasteiger partial charge in [-0.3, -0.25) is 19.3 Å². The molecule has 0 aromatic heterocycles. The summed E-state index contributed by atoms with van der Waals surface area (Å²) in [5, 5.41) is 2.39. The second kappa shape index (κ2) is 10.5. The smallest absolute Gasteiger partial charge is 0.338 e. The van der Waals surface area contributed by atoms with E-state index in [2.05, 4.69) is 21.2 Å². The van der Waals surface area contributed by atoms with Crippen molar-refractivity contribution in [2.24, 2.45) is 11.8 Å². The number of carbonyl (C=O) groups excluding carboxylic acids is 4. The van der Waals surface area contributed by atoms with Gasteiger partial charge in [0.1, 0.15) is 0 Å². The van der Waals surface area contributed by atoms with Crippen molar-refractivity contribution in [2.45, 2.75) is 30.5 Å². The van der Waals surface area contributed by atoms with Crippen LogP contribution in [-0.2, 0) is 19.1 Å². The molecule has 3 amide bonds. The summed E-state index contributed by atoms with van der Waals surface area (Å²) in [6.07, 6.45) is 0.694. The van der Waals surface area contributed by atoms with Gasteiger partial charge in [0.15, 0.2) is 6.61 Å². The van der Waals surface area contributed by atoms with Crippen molar-refractivity contribution in [3.63, 3.8) is 0 Å². The molecule has 1 aliphatic carbocycles. The van der Waals surface area contributed by atoms with Crippen LogP contribution in [-0.4, -0.2) is 41.1 Å². The number of anilines is 2. The largest absolute Gasteiger partial charge is 0.452 e. The number of nitrogens with one attached hydrogen (secondary N) is 1. The predicted molar refractivity (Wildman–Crippen MR) is 137 cm³/mol. The number of nitrogens with zero attached hydrogens (tertiary/aromatic N) is 1. The fraction of sp³-hybridized carbons (Fsp3) is 0.333. The number of fused-ring (bicyclic) bond motifs is 1. The van der Waals surface area contributed by atoms with Gasteiger partial charge in [0.25, 0.3) is 5.91 Å². The first-order valence-corrected chi connectivity index (χ1v) is 12.8. The van der Waals surface area contributed by atoms with E-state index in [0.717, 1.165) is 4.90 Å². The van der Waals surface area contributed by atoms with E-state index in [-0.39, 0.29) is 28.1 Å². The van der Waals surface area contributed by atoms with Crippen molar-refractivity contribution in [1.82, 2.24) is 0 Å². The van der Waals surface area contributed by atoms with Crippen molar-refractivity contribution < 1.29 is 23.9 Å². The summed E-state index contributed by atoms with van der Waals surface area (Å²) in [7, 11) is 0. The number of amides is 3. The first-order valence-electron chi connectivity index (χ1n) is 10.8. The number of carbonyl (C=O) groups is 4. The molecule has 0 unspecified atom stereocenters. The second-order valence-corrected chi connectivity index (χ2v) is 10.8. The quantitative estimate of drug-likeness (QED) is 0.284. The maximum atomic E-state index is 12.9. The molecule has 0 radical (unpaired) electrons. The number of alkyl halides is 2. The summed E-state index contributed by atoms with van der Waals surface area (Å²) in [6, 6.07) is 9.24. The Morgan fingerprint density at radius 1 is 1.03 bits per heavy atom. The molecule has 2 aromatic carbocycles. The van der Waals surface area contributed by atoms with E-state index in [1.165, 1.54) is 24.3 Å². The highest BCUT2D eigenvalue weighted by Crippen LogP contribution is 2.43. The van der Waals surface area contributed by atoms with Gasteiger partial charge in [0.2, 0.25) is 11.8 Å². The van der Waals surface area contributed by atoms with Gasteiger partial charge in [0, 0.05) is 10.2 Å². The summed E-state index contributed by atoms with van der Waals surface area (Å²) in [5.41, 5.74) is 1.70. The van der Waals surface area contributed by atoms with Crippen molar-refractivity contribution in [3.05, 3.63) is 57.0 Å². The molecule has 2 aliphatic rings. The predicted octanol–water partition coefficient (Wildman–Crippen LogP) is 5.32. The summed E-state index contributed by atoms with van der Waals surface area (Å²) in [6.45, 7) is 1.25. The minimum absolute atomic E-state index is 0.169. The Morgan fingerprint density at radius 3 is 2.17 bits per heavy atom. The van der Waals surface area contributed by atoms with E-state index >= 15 is 0 Å². The number of hydrogen-bond donors (Lipinski definition) is 1. The lowest BCUT2D eigenvalue weighted by molar-refractivity contribution is -0.122. The number of hydrogen-bond acceptors (Lipinski definition) is 5. The third kappa shape index (κ3) is 5.21. The lowest BCUT2D eigenvalue weighted by atomic mass is 9.80. The van der Waals surface area contributed by atoms with Crippen molar-refractivity contribution in [3.8, 4) is 0 Å². The topological polar surface area (TPSA) is 92.8 Å². The Labute approximate surface area is 225 Å². The van der Waals surface area contributed by atoms with Gasteiger partial charge in [-0.05, 0) is 77.7 Å². The van der Waals surface area contributed by atoms with E-state index in [1.807, 2.05) is 0 Å².